The van der Waals surface area contributed by atoms with E-state index in [4.69, 9.17) is 9.47 Å². The number of ether oxygens (including phenoxy) is 2. The van der Waals surface area contributed by atoms with Gasteiger partial charge in [0, 0.05) is 23.8 Å². The fourth-order valence-corrected chi connectivity index (χ4v) is 5.07. The molecule has 0 saturated heterocycles. The van der Waals surface area contributed by atoms with E-state index in [0.29, 0.717) is 33.7 Å². The molecule has 1 unspecified atom stereocenters. The van der Waals surface area contributed by atoms with Crippen LogP contribution in [0.5, 0.6) is 11.5 Å². The highest BCUT2D eigenvalue weighted by Crippen LogP contribution is 2.32. The number of amides is 2. The quantitative estimate of drug-likeness (QED) is 0.258. The third-order valence-corrected chi connectivity index (χ3v) is 7.25. The molecule has 10 heteroatoms. The second kappa shape index (κ2) is 12.9. The zero-order valence-electron chi connectivity index (χ0n) is 24.1. The molecule has 9 nitrogen and oxygen atoms in total. The summed E-state index contributed by atoms with van der Waals surface area (Å²) in [7, 11) is 5.03. The Morgan fingerprint density at radius 1 is 0.902 bits per heavy atom. The van der Waals surface area contributed by atoms with Crippen molar-refractivity contribution in [3.05, 3.63) is 84.4 Å². The summed E-state index contributed by atoms with van der Waals surface area (Å²) in [6.07, 6.45) is 0. The van der Waals surface area contributed by atoms with E-state index in [-0.39, 0.29) is 17.6 Å². The van der Waals surface area contributed by atoms with E-state index in [9.17, 15) is 9.59 Å². The minimum atomic E-state index is -0.944. The smallest absolute Gasteiger partial charge is 0.248 e. The van der Waals surface area contributed by atoms with Crippen molar-refractivity contribution in [3.8, 4) is 22.9 Å². The van der Waals surface area contributed by atoms with Crippen LogP contribution in [0.3, 0.4) is 0 Å². The Bertz CT molecular complexity index is 1470. The number of nitrogens with zero attached hydrogens (tertiary/aromatic N) is 4. The molecule has 1 N–H and O–H groups in total. The lowest BCUT2D eigenvalue weighted by Gasteiger charge is -2.34. The molecule has 0 fully saturated rings. The second-order valence-corrected chi connectivity index (χ2v) is 11.3. The number of hydrogen-bond donors (Lipinski definition) is 1. The molecule has 4 aromatic rings. The lowest BCUT2D eigenvalue weighted by molar-refractivity contribution is -0.127. The summed E-state index contributed by atoms with van der Waals surface area (Å²) in [5.74, 6) is 1.45. The number of aromatic nitrogens is 3. The number of nitrogens with one attached hydrogen (secondary N) is 1. The van der Waals surface area contributed by atoms with Crippen LogP contribution in [-0.4, -0.2) is 52.1 Å². The van der Waals surface area contributed by atoms with Crippen molar-refractivity contribution in [1.29, 1.82) is 0 Å². The van der Waals surface area contributed by atoms with E-state index >= 15 is 0 Å². The third-order valence-electron chi connectivity index (χ3n) is 6.25. The maximum absolute atomic E-state index is 14.1. The molecule has 0 aliphatic rings. The van der Waals surface area contributed by atoms with Gasteiger partial charge in [0.25, 0.3) is 0 Å². The Hall–Kier alpha value is -4.31. The average molecular weight is 574 g/mol. The van der Waals surface area contributed by atoms with Crippen LogP contribution in [0.2, 0.25) is 0 Å². The summed E-state index contributed by atoms with van der Waals surface area (Å²) in [4.78, 5) is 29.5. The molecule has 2 amide bonds. The predicted octanol–water partition coefficient (Wildman–Crippen LogP) is 5.28. The zero-order chi connectivity index (χ0) is 29.6. The van der Waals surface area contributed by atoms with E-state index in [1.54, 1.807) is 62.8 Å². The highest BCUT2D eigenvalue weighted by molar-refractivity contribution is 7.99. The zero-order valence-corrected chi connectivity index (χ0v) is 24.9. The number of hydrogen-bond acceptors (Lipinski definition) is 7. The van der Waals surface area contributed by atoms with E-state index in [1.165, 1.54) is 16.7 Å². The van der Waals surface area contributed by atoms with Crippen LogP contribution in [0.4, 0.5) is 5.69 Å². The largest absolute Gasteiger partial charge is 0.497 e. The predicted molar refractivity (Wildman–Crippen MR) is 161 cm³/mol. The topological polar surface area (TPSA) is 98.6 Å². The van der Waals surface area contributed by atoms with Crippen molar-refractivity contribution in [2.75, 3.05) is 24.9 Å². The first-order valence-electron chi connectivity index (χ1n) is 13.1. The lowest BCUT2D eigenvalue weighted by atomic mass is 10.0. The van der Waals surface area contributed by atoms with Crippen molar-refractivity contribution >= 4 is 29.3 Å². The van der Waals surface area contributed by atoms with Gasteiger partial charge >= 0.3 is 0 Å². The number of anilines is 1. The standard InChI is InChI=1S/C31H35N5O4S/c1-31(2,3)32-29(38)27(21-12-16-24(39-5)17-13-21)36(23-14-18-25(40-6)19-15-23)26(37)20-41-30-34-33-28(35(30)4)22-10-8-7-9-11-22/h7-19,27H,20H2,1-6H3,(H,32,38). The second-order valence-electron chi connectivity index (χ2n) is 10.4. The molecule has 3 aromatic carbocycles. The molecule has 41 heavy (non-hydrogen) atoms. The fourth-order valence-electron chi connectivity index (χ4n) is 4.30. The summed E-state index contributed by atoms with van der Waals surface area (Å²) in [6, 6.07) is 23.1. The van der Waals surface area contributed by atoms with Crippen LogP contribution < -0.4 is 19.7 Å². The van der Waals surface area contributed by atoms with Gasteiger partial charge in [0.1, 0.15) is 17.5 Å². The van der Waals surface area contributed by atoms with Gasteiger partial charge in [0.15, 0.2) is 11.0 Å². The van der Waals surface area contributed by atoms with Gasteiger partial charge in [-0.15, -0.1) is 10.2 Å². The molecule has 4 rings (SSSR count). The molecule has 0 spiro atoms. The molecular weight excluding hydrogens is 538 g/mol. The van der Waals surface area contributed by atoms with Gasteiger partial charge in [0.05, 0.1) is 20.0 Å². The molecule has 214 valence electrons. The van der Waals surface area contributed by atoms with Crippen molar-refractivity contribution in [1.82, 2.24) is 20.1 Å². The lowest BCUT2D eigenvalue weighted by Crippen LogP contribution is -2.50. The summed E-state index contributed by atoms with van der Waals surface area (Å²) in [5, 5.41) is 12.3. The van der Waals surface area contributed by atoms with Crippen molar-refractivity contribution in [2.45, 2.75) is 37.5 Å². The van der Waals surface area contributed by atoms with Gasteiger partial charge in [-0.2, -0.15) is 0 Å². The summed E-state index contributed by atoms with van der Waals surface area (Å²) < 4.78 is 12.5. The fraction of sp³-hybridized carbons (Fsp3) is 0.290. The minimum absolute atomic E-state index is 0.0300. The Balaban J connectivity index is 1.70. The number of rotatable bonds is 10. The van der Waals surface area contributed by atoms with E-state index in [2.05, 4.69) is 15.5 Å². The Labute approximate surface area is 244 Å². The van der Waals surface area contributed by atoms with Crippen LogP contribution in [-0.2, 0) is 16.6 Å². The van der Waals surface area contributed by atoms with Gasteiger partial charge in [-0.3, -0.25) is 14.5 Å². The van der Waals surface area contributed by atoms with Crippen LogP contribution in [0.25, 0.3) is 11.4 Å². The Morgan fingerprint density at radius 2 is 1.49 bits per heavy atom. The number of carbonyl (C=O) groups is 2. The maximum Gasteiger partial charge on any atom is 0.248 e. The van der Waals surface area contributed by atoms with E-state index in [0.717, 1.165) is 5.56 Å². The van der Waals surface area contributed by atoms with Crippen LogP contribution >= 0.6 is 11.8 Å². The number of benzene rings is 3. The van der Waals surface area contributed by atoms with Crippen molar-refractivity contribution in [2.24, 2.45) is 7.05 Å². The first kappa shape index (κ1) is 29.7. The third kappa shape index (κ3) is 7.26. The number of carbonyl (C=O) groups excluding carboxylic acids is 2. The maximum atomic E-state index is 14.1. The SMILES string of the molecule is COc1ccc(C(C(=O)NC(C)(C)C)N(C(=O)CSc2nnc(-c3ccccc3)n2C)c2ccc(OC)cc2)cc1. The molecule has 1 heterocycles. The first-order valence-corrected chi connectivity index (χ1v) is 14.1. The van der Waals surface area contributed by atoms with Gasteiger partial charge in [0.2, 0.25) is 11.8 Å². The minimum Gasteiger partial charge on any atom is -0.497 e. The van der Waals surface area contributed by atoms with Gasteiger partial charge in [-0.25, -0.2) is 0 Å². The van der Waals surface area contributed by atoms with Crippen LogP contribution in [0, 0.1) is 0 Å². The highest BCUT2D eigenvalue weighted by Gasteiger charge is 2.34. The molecule has 0 bridgehead atoms. The molecular formula is C31H35N5O4S. The van der Waals surface area contributed by atoms with Gasteiger partial charge < -0.3 is 19.4 Å². The van der Waals surface area contributed by atoms with E-state index < -0.39 is 11.6 Å². The summed E-state index contributed by atoms with van der Waals surface area (Å²) in [6.45, 7) is 5.72. The van der Waals surface area contributed by atoms with Crippen molar-refractivity contribution < 1.29 is 19.1 Å². The average Bonchev–Trinajstić information content (AvgIpc) is 3.34. The first-order chi connectivity index (χ1) is 19.6. The molecule has 0 radical (unpaired) electrons. The van der Waals surface area contributed by atoms with Gasteiger partial charge in [-0.1, -0.05) is 54.2 Å². The molecule has 0 saturated carbocycles. The molecule has 1 atom stereocenters. The normalized spacial score (nSPS) is 12.0. The Morgan fingerprint density at radius 3 is 2.05 bits per heavy atom. The summed E-state index contributed by atoms with van der Waals surface area (Å²) >= 11 is 1.27. The molecule has 0 aliphatic heterocycles. The number of methoxy groups -OCH3 is 2. The van der Waals surface area contributed by atoms with E-state index in [1.807, 2.05) is 62.7 Å². The summed E-state index contributed by atoms with van der Waals surface area (Å²) in [5.41, 5.74) is 1.62. The monoisotopic (exact) mass is 573 g/mol. The van der Waals surface area contributed by atoms with Crippen LogP contribution in [0.1, 0.15) is 32.4 Å². The Kier molecular flexibility index (Phi) is 9.34. The van der Waals surface area contributed by atoms with Gasteiger partial charge in [-0.05, 0) is 62.7 Å². The molecule has 0 aliphatic carbocycles. The highest BCUT2D eigenvalue weighted by atomic mass is 32.2. The van der Waals surface area contributed by atoms with Crippen LogP contribution in [0.15, 0.2) is 84.0 Å². The van der Waals surface area contributed by atoms with Crippen molar-refractivity contribution in [3.63, 3.8) is 0 Å². The molecule has 1 aromatic heterocycles. The number of thioether (sulfide) groups is 1.